The van der Waals surface area contributed by atoms with Gasteiger partial charge in [-0.2, -0.15) is 4.39 Å². The first kappa shape index (κ1) is 7.65. The second-order valence-electron chi connectivity index (χ2n) is 1.93. The Morgan fingerprint density at radius 3 is 2.91 bits per heavy atom. The molecule has 0 bridgehead atoms. The fraction of sp³-hybridized carbons (Fsp3) is 0.167. The SMILES string of the molecule is O=[N+]([O-])C1=CC(F)=C=CC1O. The molecule has 0 spiro atoms. The number of aliphatic hydroxyl groups excluding tert-OH is 1. The van der Waals surface area contributed by atoms with Crippen molar-refractivity contribution in [3.63, 3.8) is 0 Å². The maximum atomic E-state index is 12.2. The standard InChI is InChI=1S/C6H4FNO3/c7-4-1-2-6(9)5(3-4)8(10)11/h2-3,6,9H. The summed E-state index contributed by atoms with van der Waals surface area (Å²) in [5, 5.41) is 18.9. The molecule has 0 fully saturated rings. The molecule has 0 saturated carbocycles. The molecule has 11 heavy (non-hydrogen) atoms. The highest BCUT2D eigenvalue weighted by Gasteiger charge is 2.22. The van der Waals surface area contributed by atoms with Crippen LogP contribution in [0.2, 0.25) is 0 Å². The van der Waals surface area contributed by atoms with Gasteiger partial charge in [0.15, 0.2) is 11.9 Å². The largest absolute Gasteiger partial charge is 0.377 e. The van der Waals surface area contributed by atoms with E-state index >= 15 is 0 Å². The first-order valence-electron chi connectivity index (χ1n) is 2.77. The lowest BCUT2D eigenvalue weighted by atomic mass is 10.2. The molecule has 1 aliphatic carbocycles. The summed E-state index contributed by atoms with van der Waals surface area (Å²) in [5.41, 5.74) is 1.44. The lowest BCUT2D eigenvalue weighted by Crippen LogP contribution is -2.15. The van der Waals surface area contributed by atoms with Crippen LogP contribution >= 0.6 is 0 Å². The summed E-state index contributed by atoms with van der Waals surface area (Å²) in [5.74, 6) is -0.845. The van der Waals surface area contributed by atoms with E-state index in [0.717, 1.165) is 6.08 Å². The van der Waals surface area contributed by atoms with Crippen LogP contribution < -0.4 is 0 Å². The second kappa shape index (κ2) is 2.65. The first-order chi connectivity index (χ1) is 5.11. The molecule has 1 N–H and O–H groups in total. The van der Waals surface area contributed by atoms with Gasteiger partial charge < -0.3 is 5.11 Å². The molecule has 1 aliphatic rings. The van der Waals surface area contributed by atoms with Gasteiger partial charge >= 0.3 is 0 Å². The molecule has 0 amide bonds. The Hall–Kier alpha value is -1.45. The number of hydrogen-bond donors (Lipinski definition) is 1. The lowest BCUT2D eigenvalue weighted by molar-refractivity contribution is -0.434. The zero-order chi connectivity index (χ0) is 8.43. The molecule has 4 nitrogen and oxygen atoms in total. The van der Waals surface area contributed by atoms with Gasteiger partial charge in [-0.1, -0.05) is 5.73 Å². The molecular formula is C6H4FNO3. The van der Waals surface area contributed by atoms with Crippen LogP contribution in [0.15, 0.2) is 29.4 Å². The lowest BCUT2D eigenvalue weighted by Gasteiger charge is -2.02. The van der Waals surface area contributed by atoms with Gasteiger partial charge in [0, 0.05) is 0 Å². The van der Waals surface area contributed by atoms with Crippen molar-refractivity contribution in [1.82, 2.24) is 0 Å². The fourth-order valence-corrected chi connectivity index (χ4v) is 0.662. The topological polar surface area (TPSA) is 63.4 Å². The van der Waals surface area contributed by atoms with E-state index < -0.39 is 22.6 Å². The van der Waals surface area contributed by atoms with Crippen molar-refractivity contribution in [3.05, 3.63) is 39.5 Å². The van der Waals surface area contributed by atoms with Crippen molar-refractivity contribution in [2.45, 2.75) is 6.10 Å². The molecule has 1 atom stereocenters. The summed E-state index contributed by atoms with van der Waals surface area (Å²) < 4.78 is 12.2. The number of allylic oxidation sites excluding steroid dienone is 1. The molecule has 0 radical (unpaired) electrons. The van der Waals surface area contributed by atoms with E-state index in [9.17, 15) is 14.5 Å². The highest BCUT2D eigenvalue weighted by atomic mass is 19.1. The van der Waals surface area contributed by atoms with Gasteiger partial charge in [0.2, 0.25) is 0 Å². The predicted molar refractivity (Wildman–Crippen MR) is 33.8 cm³/mol. The van der Waals surface area contributed by atoms with E-state index in [4.69, 9.17) is 5.11 Å². The van der Waals surface area contributed by atoms with E-state index in [2.05, 4.69) is 0 Å². The van der Waals surface area contributed by atoms with Crippen LogP contribution in [0.1, 0.15) is 0 Å². The summed E-state index contributed by atoms with van der Waals surface area (Å²) >= 11 is 0. The Kier molecular flexibility index (Phi) is 1.85. The Balaban J connectivity index is 3.02. The van der Waals surface area contributed by atoms with Crippen LogP contribution in [-0.2, 0) is 0 Å². The van der Waals surface area contributed by atoms with Crippen LogP contribution in [0.4, 0.5) is 4.39 Å². The average molecular weight is 157 g/mol. The maximum absolute atomic E-state index is 12.2. The van der Waals surface area contributed by atoms with Gasteiger partial charge in [0.05, 0.1) is 11.0 Å². The summed E-state index contributed by atoms with van der Waals surface area (Å²) in [6.45, 7) is 0. The fourth-order valence-electron chi connectivity index (χ4n) is 0.662. The van der Waals surface area contributed by atoms with Crippen molar-refractivity contribution >= 4 is 0 Å². The average Bonchev–Trinajstić information content (AvgIpc) is 1.94. The third kappa shape index (κ3) is 1.52. The third-order valence-corrected chi connectivity index (χ3v) is 1.17. The molecule has 0 aromatic carbocycles. The molecular weight excluding hydrogens is 153 g/mol. The Morgan fingerprint density at radius 2 is 2.45 bits per heavy atom. The Morgan fingerprint density at radius 1 is 1.82 bits per heavy atom. The molecule has 0 saturated heterocycles. The number of nitro groups is 1. The summed E-state index contributed by atoms with van der Waals surface area (Å²) in [4.78, 5) is 9.23. The van der Waals surface area contributed by atoms with Gasteiger partial charge in [0.25, 0.3) is 5.70 Å². The number of halogens is 1. The number of aliphatic hydroxyl groups is 1. The van der Waals surface area contributed by atoms with Crippen LogP contribution in [0.25, 0.3) is 0 Å². The first-order valence-corrected chi connectivity index (χ1v) is 2.77. The zero-order valence-corrected chi connectivity index (χ0v) is 5.32. The van der Waals surface area contributed by atoms with E-state index in [0.29, 0.717) is 6.08 Å². The van der Waals surface area contributed by atoms with Crippen molar-refractivity contribution in [1.29, 1.82) is 0 Å². The van der Waals surface area contributed by atoms with Crippen molar-refractivity contribution in [2.24, 2.45) is 0 Å². The van der Waals surface area contributed by atoms with Crippen LogP contribution in [0, 0.1) is 10.1 Å². The van der Waals surface area contributed by atoms with Crippen molar-refractivity contribution < 1.29 is 14.4 Å². The number of hydrogen-bond acceptors (Lipinski definition) is 3. The molecule has 58 valence electrons. The van der Waals surface area contributed by atoms with E-state index in [1.54, 1.807) is 0 Å². The van der Waals surface area contributed by atoms with Crippen LogP contribution in [0.3, 0.4) is 0 Å². The van der Waals surface area contributed by atoms with Gasteiger partial charge in [-0.15, -0.1) is 0 Å². The maximum Gasteiger partial charge on any atom is 0.282 e. The Bertz CT molecular complexity index is 288. The minimum atomic E-state index is -1.36. The smallest absolute Gasteiger partial charge is 0.282 e. The van der Waals surface area contributed by atoms with E-state index in [-0.39, 0.29) is 0 Å². The van der Waals surface area contributed by atoms with E-state index in [1.165, 1.54) is 0 Å². The molecule has 1 rings (SSSR count). The van der Waals surface area contributed by atoms with E-state index in [1.807, 2.05) is 5.73 Å². The van der Waals surface area contributed by atoms with Crippen LogP contribution in [0.5, 0.6) is 0 Å². The number of nitrogens with zero attached hydrogens (tertiary/aromatic N) is 1. The molecule has 5 heteroatoms. The Labute approximate surface area is 61.1 Å². The molecule has 0 aromatic rings. The summed E-state index contributed by atoms with van der Waals surface area (Å²) in [6.07, 6.45) is 0.183. The van der Waals surface area contributed by atoms with Gasteiger partial charge in [-0.25, -0.2) is 0 Å². The summed E-state index contributed by atoms with van der Waals surface area (Å²) in [7, 11) is 0. The minimum Gasteiger partial charge on any atom is -0.377 e. The normalized spacial score (nSPS) is 22.5. The zero-order valence-electron chi connectivity index (χ0n) is 5.32. The molecule has 0 aliphatic heterocycles. The molecule has 0 heterocycles. The monoisotopic (exact) mass is 157 g/mol. The van der Waals surface area contributed by atoms with Gasteiger partial charge in [-0.05, 0) is 6.08 Å². The quantitative estimate of drug-likeness (QED) is 0.343. The molecule has 1 unspecified atom stereocenters. The van der Waals surface area contributed by atoms with Crippen molar-refractivity contribution in [2.75, 3.05) is 0 Å². The minimum absolute atomic E-state index is 0.568. The highest BCUT2D eigenvalue weighted by molar-refractivity contribution is 5.24. The highest BCUT2D eigenvalue weighted by Crippen LogP contribution is 2.13. The molecule has 0 aromatic heterocycles. The second-order valence-corrected chi connectivity index (χ2v) is 1.93. The predicted octanol–water partition coefficient (Wildman–Crippen LogP) is 0.530. The number of rotatable bonds is 1. The van der Waals surface area contributed by atoms with Gasteiger partial charge in [-0.3, -0.25) is 10.1 Å². The van der Waals surface area contributed by atoms with Gasteiger partial charge in [0.1, 0.15) is 0 Å². The third-order valence-electron chi connectivity index (χ3n) is 1.17. The summed E-state index contributed by atoms with van der Waals surface area (Å²) in [6, 6.07) is 0. The van der Waals surface area contributed by atoms with Crippen molar-refractivity contribution in [3.8, 4) is 0 Å². The van der Waals surface area contributed by atoms with Crippen LogP contribution in [-0.4, -0.2) is 16.1 Å².